The molecule has 0 spiro atoms. The predicted octanol–water partition coefficient (Wildman–Crippen LogP) is -0.471. The number of hydrogen-bond acceptors (Lipinski definition) is 3. The number of rotatable bonds is 4. The molecule has 1 atom stereocenters. The minimum atomic E-state index is -5.13. The van der Waals surface area contributed by atoms with E-state index >= 15 is 0 Å². The third-order valence-electron chi connectivity index (χ3n) is 0.995. The van der Waals surface area contributed by atoms with Crippen LogP contribution in [0.3, 0.4) is 0 Å². The Balaban J connectivity index is -0.000000240. The van der Waals surface area contributed by atoms with Crippen LogP contribution in [0.2, 0.25) is 0 Å². The molecule has 6 nitrogen and oxygen atoms in total. The number of alkyl halides is 2. The summed E-state index contributed by atoms with van der Waals surface area (Å²) in [6.45, 7) is 1.11. The van der Waals surface area contributed by atoms with Gasteiger partial charge in [-0.2, -0.15) is 0 Å². The quantitative estimate of drug-likeness (QED) is 0.362. The molecule has 13 heteroatoms. The van der Waals surface area contributed by atoms with Gasteiger partial charge in [0.1, 0.15) is 0 Å². The first kappa shape index (κ1) is 28.1. The molecule has 0 aromatic rings. The molecule has 3 N–H and O–H groups in total. The molecular weight excluding hydrogens is 334 g/mol. The summed E-state index contributed by atoms with van der Waals surface area (Å²) < 4.78 is 22.7. The van der Waals surface area contributed by atoms with Crippen molar-refractivity contribution in [3.63, 3.8) is 0 Å². The average molecular weight is 345 g/mol. The Labute approximate surface area is 170 Å². The number of hydrogen-bond donors (Lipinski definition) is 3. The fraction of sp³-hybridized carbons (Fsp3) is 1.00. The first-order valence-electron chi connectivity index (χ1n) is 2.97. The van der Waals surface area contributed by atoms with Gasteiger partial charge in [-0.15, -0.1) is 0 Å². The summed E-state index contributed by atoms with van der Waals surface area (Å²) in [6.07, 6.45) is 0. The predicted molar refractivity (Wildman–Crippen MR) is 69.4 cm³/mol. The standard InChI is InChI=1S/C3H8Cl2O6P2.3Na.3H/c1-2-11-13(9,10)3(4,5)12(6,7)8;;;;;;/h2H2,1H3,(H,9,10)(H2,6,7,8);;;;;;. The van der Waals surface area contributed by atoms with Crippen molar-refractivity contribution < 1.29 is 28.3 Å². The van der Waals surface area contributed by atoms with Crippen LogP contribution in [0.5, 0.6) is 0 Å². The summed E-state index contributed by atoms with van der Waals surface area (Å²) in [7, 11) is -9.88. The molecule has 0 radical (unpaired) electrons. The van der Waals surface area contributed by atoms with Crippen molar-refractivity contribution in [1.29, 1.82) is 0 Å². The van der Waals surface area contributed by atoms with Gasteiger partial charge in [-0.05, 0) is 6.92 Å². The zero-order chi connectivity index (χ0) is 10.9. The van der Waals surface area contributed by atoms with E-state index in [1.165, 1.54) is 6.92 Å². The van der Waals surface area contributed by atoms with Crippen molar-refractivity contribution in [2.45, 2.75) is 10.7 Å². The summed E-state index contributed by atoms with van der Waals surface area (Å²) >= 11 is 10.1. The van der Waals surface area contributed by atoms with Gasteiger partial charge < -0.3 is 19.2 Å². The van der Waals surface area contributed by atoms with Gasteiger partial charge >= 0.3 is 108 Å². The molecule has 0 aliphatic carbocycles. The van der Waals surface area contributed by atoms with Crippen LogP contribution in [0.15, 0.2) is 0 Å². The van der Waals surface area contributed by atoms with Gasteiger partial charge in [0.15, 0.2) is 0 Å². The van der Waals surface area contributed by atoms with E-state index in [0.717, 1.165) is 0 Å². The Morgan fingerprint density at radius 1 is 1.12 bits per heavy atom. The second-order valence-electron chi connectivity index (χ2n) is 1.99. The maximum absolute atomic E-state index is 11.1. The van der Waals surface area contributed by atoms with Crippen LogP contribution in [-0.2, 0) is 13.7 Å². The zero-order valence-corrected chi connectivity index (χ0v) is 9.72. The van der Waals surface area contributed by atoms with Gasteiger partial charge in [-0.1, -0.05) is 23.2 Å². The Bertz CT molecular complexity index is 282. The van der Waals surface area contributed by atoms with E-state index in [4.69, 9.17) is 37.9 Å². The molecule has 0 aliphatic heterocycles. The normalized spacial score (nSPS) is 14.9. The topological polar surface area (TPSA) is 104 Å². The van der Waals surface area contributed by atoms with Crippen LogP contribution in [0, 0.1) is 0 Å². The fourth-order valence-electron chi connectivity index (χ4n) is 0.417. The van der Waals surface area contributed by atoms with E-state index in [0.29, 0.717) is 0 Å². The van der Waals surface area contributed by atoms with E-state index in [9.17, 15) is 9.13 Å². The summed E-state index contributed by atoms with van der Waals surface area (Å²) in [6, 6.07) is 0. The molecule has 0 fully saturated rings. The van der Waals surface area contributed by atoms with Gasteiger partial charge in [0, 0.05) is 0 Å². The van der Waals surface area contributed by atoms with Crippen LogP contribution in [-0.4, -0.2) is 114 Å². The van der Waals surface area contributed by atoms with Gasteiger partial charge in [0.25, 0.3) is 0 Å². The van der Waals surface area contributed by atoms with E-state index < -0.39 is 19.0 Å². The van der Waals surface area contributed by atoms with Gasteiger partial charge in [-0.3, -0.25) is 9.13 Å². The first-order chi connectivity index (χ1) is 5.56. The summed E-state index contributed by atoms with van der Waals surface area (Å²) in [5, 5.41) is 0. The Kier molecular flexibility index (Phi) is 18.6. The monoisotopic (exact) mass is 344 g/mol. The van der Waals surface area contributed by atoms with Crippen molar-refractivity contribution in [3.05, 3.63) is 0 Å². The maximum atomic E-state index is 11.1. The van der Waals surface area contributed by atoms with Crippen LogP contribution in [0.4, 0.5) is 0 Å². The fourth-order valence-corrected chi connectivity index (χ4v) is 2.71. The van der Waals surface area contributed by atoms with Gasteiger partial charge in [-0.25, -0.2) is 0 Å². The third kappa shape index (κ3) is 7.61. The third-order valence-corrected chi connectivity index (χ3v) is 7.13. The molecule has 0 heterocycles. The summed E-state index contributed by atoms with van der Waals surface area (Å²) in [4.78, 5) is 26.0. The van der Waals surface area contributed by atoms with E-state index in [2.05, 4.69) is 4.52 Å². The molecule has 16 heavy (non-hydrogen) atoms. The van der Waals surface area contributed by atoms with E-state index in [1.54, 1.807) is 0 Å². The first-order valence-corrected chi connectivity index (χ1v) is 6.91. The SMILES string of the molecule is CCOP(=O)(O)C(Cl)(Cl)P(=O)(O)O.[NaH].[NaH].[NaH]. The van der Waals surface area contributed by atoms with Crippen LogP contribution >= 0.6 is 38.4 Å². The molecule has 0 aromatic heterocycles. The molecular formula is C3H11Cl2Na3O6P2. The summed E-state index contributed by atoms with van der Waals surface area (Å²) in [5.41, 5.74) is 0. The van der Waals surface area contributed by atoms with Crippen LogP contribution < -0.4 is 0 Å². The van der Waals surface area contributed by atoms with Crippen LogP contribution in [0.1, 0.15) is 6.92 Å². The van der Waals surface area contributed by atoms with Gasteiger partial charge in [0.05, 0.1) is 6.61 Å². The minimum absolute atomic E-state index is 0. The average Bonchev–Trinajstić information content (AvgIpc) is 1.84. The van der Waals surface area contributed by atoms with Crippen molar-refractivity contribution >= 4 is 127 Å². The zero-order valence-electron chi connectivity index (χ0n) is 6.42. The van der Waals surface area contributed by atoms with Crippen molar-refractivity contribution in [1.82, 2.24) is 0 Å². The van der Waals surface area contributed by atoms with Crippen LogP contribution in [0.25, 0.3) is 0 Å². The second kappa shape index (κ2) is 10.6. The molecule has 0 saturated carbocycles. The second-order valence-corrected chi connectivity index (χ2v) is 8.45. The van der Waals surface area contributed by atoms with Crippen molar-refractivity contribution in [3.8, 4) is 0 Å². The molecule has 86 valence electrons. The molecule has 0 aliphatic rings. The molecule has 1 unspecified atom stereocenters. The van der Waals surface area contributed by atoms with Crippen molar-refractivity contribution in [2.75, 3.05) is 6.61 Å². The van der Waals surface area contributed by atoms with Crippen molar-refractivity contribution in [2.24, 2.45) is 0 Å². The van der Waals surface area contributed by atoms with Gasteiger partial charge in [0.2, 0.25) is 0 Å². The van der Waals surface area contributed by atoms with E-state index in [1.807, 2.05) is 0 Å². The Morgan fingerprint density at radius 2 is 1.44 bits per heavy atom. The Morgan fingerprint density at radius 3 is 1.62 bits per heavy atom. The van der Waals surface area contributed by atoms with E-state index in [-0.39, 0.29) is 95.3 Å². The molecule has 0 saturated heterocycles. The molecule has 0 aromatic carbocycles. The number of halogens is 2. The Hall–Kier alpha value is 3.88. The summed E-state index contributed by atoms with van der Waals surface area (Å²) in [5.74, 6) is 0. The molecule has 0 bridgehead atoms. The molecule has 0 rings (SSSR count). The molecule has 0 amide bonds.